The number of hydrogen-bond acceptors (Lipinski definition) is 6. The van der Waals surface area contributed by atoms with Crippen LogP contribution < -0.4 is 9.46 Å². The molecule has 0 saturated heterocycles. The van der Waals surface area contributed by atoms with Gasteiger partial charge in [0, 0.05) is 23.8 Å². The van der Waals surface area contributed by atoms with E-state index in [2.05, 4.69) is 16.0 Å². The summed E-state index contributed by atoms with van der Waals surface area (Å²) in [5.74, 6) is 0.273. The minimum atomic E-state index is -4.78. The summed E-state index contributed by atoms with van der Waals surface area (Å²) in [7, 11) is -3.08. The molecule has 1 atom stereocenters. The summed E-state index contributed by atoms with van der Waals surface area (Å²) in [6.07, 6.45) is -2.03. The predicted octanol–water partition coefficient (Wildman–Crippen LogP) is 4.90. The predicted molar refractivity (Wildman–Crippen MR) is 131 cm³/mol. The minimum Gasteiger partial charge on any atom is -0.497 e. The van der Waals surface area contributed by atoms with Crippen LogP contribution in [0.15, 0.2) is 53.7 Å². The van der Waals surface area contributed by atoms with Gasteiger partial charge in [-0.25, -0.2) is 17.8 Å². The Labute approximate surface area is 215 Å². The van der Waals surface area contributed by atoms with E-state index in [1.54, 1.807) is 34.4 Å². The Morgan fingerprint density at radius 2 is 1.92 bits per heavy atom. The summed E-state index contributed by atoms with van der Waals surface area (Å²) in [5.41, 5.74) is 1.21. The molecule has 1 N–H and O–H groups in total. The molecule has 13 heteroatoms. The normalized spacial score (nSPS) is 12.9. The quantitative estimate of drug-likeness (QED) is 0.330. The van der Waals surface area contributed by atoms with Crippen molar-refractivity contribution in [3.05, 3.63) is 65.7 Å². The fourth-order valence-electron chi connectivity index (χ4n) is 3.91. The highest BCUT2D eigenvalue weighted by molar-refractivity contribution is 7.89. The van der Waals surface area contributed by atoms with E-state index in [1.807, 2.05) is 0 Å². The average Bonchev–Trinajstić information content (AvgIpc) is 3.20. The van der Waals surface area contributed by atoms with Crippen molar-refractivity contribution in [2.75, 3.05) is 7.11 Å². The largest absolute Gasteiger partial charge is 0.497 e. The molecular weight excluding hydrogens is 526 g/mol. The summed E-state index contributed by atoms with van der Waals surface area (Å²) < 4.78 is 86.8. The summed E-state index contributed by atoms with van der Waals surface area (Å²) in [5, 5.41) is 10.3. The van der Waals surface area contributed by atoms with Crippen molar-refractivity contribution in [2.24, 2.45) is 0 Å². The number of nitrogens with one attached hydrogen (secondary N) is 1. The van der Waals surface area contributed by atoms with Gasteiger partial charge in [-0.05, 0) is 49.2 Å². The van der Waals surface area contributed by atoms with E-state index in [0.29, 0.717) is 36.0 Å². The zero-order valence-electron chi connectivity index (χ0n) is 20.3. The van der Waals surface area contributed by atoms with Gasteiger partial charge < -0.3 is 4.74 Å². The lowest BCUT2D eigenvalue weighted by molar-refractivity contribution is -0.147. The van der Waals surface area contributed by atoms with Crippen molar-refractivity contribution in [2.45, 2.75) is 37.4 Å². The molecule has 4 aromatic rings. The van der Waals surface area contributed by atoms with Crippen LogP contribution in [0.4, 0.5) is 17.6 Å². The molecule has 3 heterocycles. The van der Waals surface area contributed by atoms with Gasteiger partial charge in [0.1, 0.15) is 34.4 Å². The van der Waals surface area contributed by atoms with E-state index >= 15 is 0 Å². The van der Waals surface area contributed by atoms with Crippen molar-refractivity contribution < 1.29 is 30.7 Å². The molecule has 0 bridgehead atoms. The van der Waals surface area contributed by atoms with Gasteiger partial charge in [-0.15, -0.1) is 0 Å². The molecule has 38 heavy (non-hydrogen) atoms. The first kappa shape index (κ1) is 27.0. The maximum Gasteiger partial charge on any atom is 0.404 e. The van der Waals surface area contributed by atoms with Gasteiger partial charge in [0.15, 0.2) is 0 Å². The van der Waals surface area contributed by atoms with E-state index in [1.165, 1.54) is 25.4 Å². The molecule has 198 valence electrons. The van der Waals surface area contributed by atoms with E-state index in [4.69, 9.17) is 4.74 Å². The number of nitrogens with zero attached hydrogens (tertiary/aromatic N) is 4. The topological polar surface area (TPSA) is 110 Å². The van der Waals surface area contributed by atoms with Crippen LogP contribution in [0.5, 0.6) is 5.75 Å². The number of fused-ring (bicyclic) bond motifs is 1. The number of aryl methyl sites for hydroxylation is 1. The summed E-state index contributed by atoms with van der Waals surface area (Å²) in [6.45, 7) is 2.46. The van der Waals surface area contributed by atoms with Crippen molar-refractivity contribution in [1.82, 2.24) is 19.3 Å². The van der Waals surface area contributed by atoms with Crippen LogP contribution in [0, 0.1) is 17.1 Å². The third-order valence-corrected chi connectivity index (χ3v) is 7.45. The van der Waals surface area contributed by atoms with Gasteiger partial charge in [0.05, 0.1) is 29.6 Å². The van der Waals surface area contributed by atoms with Gasteiger partial charge in [-0.3, -0.25) is 9.55 Å². The molecule has 4 rings (SSSR count). The SMILES string of the molecule is CCc1cc2c(cc1F)c(C#N)c(-c1ccc(S(=O)(=O)N[C@@H](C)C(F)(F)F)cn1)n2-c1cc(OC)ccn1. The fraction of sp³-hybridized carbons (Fsp3) is 0.240. The molecule has 0 spiro atoms. The zero-order valence-corrected chi connectivity index (χ0v) is 21.2. The lowest BCUT2D eigenvalue weighted by atomic mass is 10.1. The third-order valence-electron chi connectivity index (χ3n) is 5.92. The highest BCUT2D eigenvalue weighted by Crippen LogP contribution is 2.37. The van der Waals surface area contributed by atoms with Crippen LogP contribution in [0.25, 0.3) is 28.1 Å². The van der Waals surface area contributed by atoms with Crippen molar-refractivity contribution in [3.63, 3.8) is 0 Å². The van der Waals surface area contributed by atoms with Crippen LogP contribution in [0.2, 0.25) is 0 Å². The molecular formula is C25H21F4N5O3S. The molecule has 0 aliphatic heterocycles. The number of benzene rings is 1. The Bertz CT molecular complexity index is 1660. The van der Waals surface area contributed by atoms with Gasteiger partial charge in [-0.2, -0.15) is 23.2 Å². The number of ether oxygens (including phenoxy) is 1. The number of nitriles is 1. The standard InChI is InChI=1S/C25H21F4N5O3S/c1-4-15-9-22-18(11-20(15)26)19(12-30)24(34(22)23-10-16(37-3)7-8-31-23)21-6-5-17(13-32-21)38(35,36)33-14(2)25(27,28)29/h5-11,13-14,33H,4H2,1-3H3/t14-/m0/s1. The van der Waals surface area contributed by atoms with Crippen LogP contribution in [-0.2, 0) is 16.4 Å². The van der Waals surface area contributed by atoms with E-state index < -0.39 is 33.0 Å². The van der Waals surface area contributed by atoms with Gasteiger partial charge in [0.2, 0.25) is 10.0 Å². The molecule has 8 nitrogen and oxygen atoms in total. The molecule has 0 radical (unpaired) electrons. The first-order chi connectivity index (χ1) is 17.9. The molecule has 0 amide bonds. The number of rotatable bonds is 7. The van der Waals surface area contributed by atoms with Crippen LogP contribution in [0.1, 0.15) is 25.0 Å². The Morgan fingerprint density at radius 1 is 1.18 bits per heavy atom. The lowest BCUT2D eigenvalue weighted by Gasteiger charge is -2.17. The second kappa shape index (κ2) is 10.0. The maximum atomic E-state index is 14.7. The molecule has 0 fully saturated rings. The van der Waals surface area contributed by atoms with E-state index in [9.17, 15) is 31.2 Å². The minimum absolute atomic E-state index is 0.0538. The number of sulfonamides is 1. The number of hydrogen-bond donors (Lipinski definition) is 1. The van der Waals surface area contributed by atoms with E-state index in [-0.39, 0.29) is 22.3 Å². The zero-order chi connectivity index (χ0) is 27.8. The summed E-state index contributed by atoms with van der Waals surface area (Å²) in [6, 6.07) is 8.14. The van der Waals surface area contributed by atoms with Gasteiger partial charge in [-0.1, -0.05) is 6.92 Å². The Morgan fingerprint density at radius 3 is 2.50 bits per heavy atom. The van der Waals surface area contributed by atoms with Crippen molar-refractivity contribution in [1.29, 1.82) is 5.26 Å². The Hall–Kier alpha value is -4.02. The Kier molecular flexibility index (Phi) is 7.14. The second-order valence-electron chi connectivity index (χ2n) is 8.30. The first-order valence-electron chi connectivity index (χ1n) is 11.2. The molecule has 0 unspecified atom stereocenters. The highest BCUT2D eigenvalue weighted by Gasteiger charge is 2.39. The Balaban J connectivity index is 1.94. The number of methoxy groups -OCH3 is 1. The van der Waals surface area contributed by atoms with Crippen LogP contribution in [0.3, 0.4) is 0 Å². The lowest BCUT2D eigenvalue weighted by Crippen LogP contribution is -2.42. The van der Waals surface area contributed by atoms with Crippen molar-refractivity contribution in [3.8, 4) is 29.0 Å². The molecule has 0 aliphatic carbocycles. The third kappa shape index (κ3) is 4.92. The monoisotopic (exact) mass is 547 g/mol. The number of halogens is 4. The second-order valence-corrected chi connectivity index (χ2v) is 10.0. The number of alkyl halides is 3. The molecule has 0 aliphatic rings. The fourth-order valence-corrected chi connectivity index (χ4v) is 5.08. The number of aromatic nitrogens is 3. The molecule has 3 aromatic heterocycles. The van der Waals surface area contributed by atoms with E-state index in [0.717, 1.165) is 12.3 Å². The summed E-state index contributed by atoms with van der Waals surface area (Å²) in [4.78, 5) is 8.03. The molecule has 0 saturated carbocycles. The average molecular weight is 548 g/mol. The maximum absolute atomic E-state index is 14.7. The molecule has 1 aromatic carbocycles. The number of pyridine rings is 2. The van der Waals surface area contributed by atoms with Crippen molar-refractivity contribution >= 4 is 20.9 Å². The smallest absolute Gasteiger partial charge is 0.404 e. The van der Waals surface area contributed by atoms with Gasteiger partial charge in [0.25, 0.3) is 0 Å². The van der Waals surface area contributed by atoms with Crippen LogP contribution in [-0.4, -0.2) is 42.3 Å². The highest BCUT2D eigenvalue weighted by atomic mass is 32.2. The van der Waals surface area contributed by atoms with Gasteiger partial charge >= 0.3 is 6.18 Å². The first-order valence-corrected chi connectivity index (χ1v) is 12.7. The summed E-state index contributed by atoms with van der Waals surface area (Å²) >= 11 is 0. The van der Waals surface area contributed by atoms with Crippen LogP contribution >= 0.6 is 0 Å².